The van der Waals surface area contributed by atoms with Crippen LogP contribution >= 0.6 is 0 Å². The van der Waals surface area contributed by atoms with Gasteiger partial charge in [0.1, 0.15) is 0 Å². The molecule has 0 saturated heterocycles. The quantitative estimate of drug-likeness (QED) is 0.533. The van der Waals surface area contributed by atoms with Crippen molar-refractivity contribution in [3.05, 3.63) is 34.9 Å². The summed E-state index contributed by atoms with van der Waals surface area (Å²) in [5.41, 5.74) is -0.576. The zero-order valence-electron chi connectivity index (χ0n) is 13.4. The summed E-state index contributed by atoms with van der Waals surface area (Å²) in [4.78, 5) is 34.0. The summed E-state index contributed by atoms with van der Waals surface area (Å²) in [5, 5.41) is 18.0. The number of rotatable bonds is 9. The molecule has 23 heavy (non-hydrogen) atoms. The number of aromatic carboxylic acids is 2. The summed E-state index contributed by atoms with van der Waals surface area (Å²) in [5.74, 6) is -2.70. The van der Waals surface area contributed by atoms with Crippen LogP contribution in [-0.4, -0.2) is 34.7 Å². The van der Waals surface area contributed by atoms with E-state index >= 15 is 0 Å². The predicted octanol–water partition coefficient (Wildman–Crippen LogP) is 3.46. The summed E-state index contributed by atoms with van der Waals surface area (Å²) in [6.07, 6.45) is 3.83. The molecule has 6 heteroatoms. The number of hydrogen-bond donors (Lipinski definition) is 2. The Labute approximate surface area is 135 Å². The number of carbonyl (C=O) groups excluding carboxylic acids is 1. The standard InChI is InChI=1S/C17H22O6/c1-3-11(4-2)6-5-7-23-17(22)14-9-12(15(18)19)8-13(10-14)16(20)21/h8-11H,3-7H2,1-2H3,(H,18,19)(H,20,21). The highest BCUT2D eigenvalue weighted by molar-refractivity contribution is 5.99. The molecule has 0 aliphatic rings. The molecule has 0 fully saturated rings. The second kappa shape index (κ2) is 8.92. The Morgan fingerprint density at radius 1 is 0.957 bits per heavy atom. The number of ether oxygens (including phenoxy) is 1. The molecule has 0 atom stereocenters. The summed E-state index contributed by atoms with van der Waals surface area (Å²) in [7, 11) is 0. The van der Waals surface area contributed by atoms with Gasteiger partial charge in [0, 0.05) is 0 Å². The lowest BCUT2D eigenvalue weighted by Crippen LogP contribution is -2.11. The van der Waals surface area contributed by atoms with Crippen molar-refractivity contribution < 1.29 is 29.3 Å². The zero-order valence-corrected chi connectivity index (χ0v) is 13.4. The molecule has 2 N–H and O–H groups in total. The van der Waals surface area contributed by atoms with Crippen LogP contribution in [0, 0.1) is 5.92 Å². The van der Waals surface area contributed by atoms with Crippen LogP contribution in [0.2, 0.25) is 0 Å². The van der Waals surface area contributed by atoms with Crippen molar-refractivity contribution in [3.8, 4) is 0 Å². The molecule has 0 aromatic heterocycles. The first-order chi connectivity index (χ1) is 10.9. The summed E-state index contributed by atoms with van der Waals surface area (Å²) in [6, 6.07) is 3.25. The third-order valence-electron chi connectivity index (χ3n) is 3.81. The fourth-order valence-corrected chi connectivity index (χ4v) is 2.31. The minimum absolute atomic E-state index is 0.0650. The van der Waals surface area contributed by atoms with Gasteiger partial charge in [-0.1, -0.05) is 26.7 Å². The van der Waals surface area contributed by atoms with Gasteiger partial charge in [0.15, 0.2) is 0 Å². The smallest absolute Gasteiger partial charge is 0.338 e. The van der Waals surface area contributed by atoms with Crippen molar-refractivity contribution in [1.29, 1.82) is 0 Å². The molecule has 0 amide bonds. The van der Waals surface area contributed by atoms with Gasteiger partial charge < -0.3 is 14.9 Å². The highest BCUT2D eigenvalue weighted by Gasteiger charge is 2.16. The van der Waals surface area contributed by atoms with Gasteiger partial charge in [-0.2, -0.15) is 0 Å². The zero-order chi connectivity index (χ0) is 17.4. The van der Waals surface area contributed by atoms with Crippen LogP contribution in [-0.2, 0) is 4.74 Å². The average molecular weight is 322 g/mol. The molecule has 0 unspecified atom stereocenters. The molecular weight excluding hydrogens is 300 g/mol. The minimum atomic E-state index is -1.30. The lowest BCUT2D eigenvalue weighted by molar-refractivity contribution is 0.0493. The molecule has 126 valence electrons. The molecule has 1 rings (SSSR count). The minimum Gasteiger partial charge on any atom is -0.478 e. The first kappa shape index (κ1) is 18.7. The molecule has 0 radical (unpaired) electrons. The lowest BCUT2D eigenvalue weighted by atomic mass is 9.98. The van der Waals surface area contributed by atoms with Crippen molar-refractivity contribution in [2.75, 3.05) is 6.61 Å². The average Bonchev–Trinajstić information content (AvgIpc) is 2.54. The molecule has 0 spiro atoms. The van der Waals surface area contributed by atoms with Gasteiger partial charge in [-0.3, -0.25) is 0 Å². The van der Waals surface area contributed by atoms with Crippen LogP contribution in [0.15, 0.2) is 18.2 Å². The van der Waals surface area contributed by atoms with E-state index in [0.717, 1.165) is 43.9 Å². The number of carboxylic acids is 2. The number of benzene rings is 1. The maximum absolute atomic E-state index is 12.0. The second-order valence-electron chi connectivity index (χ2n) is 5.37. The molecule has 0 aliphatic carbocycles. The number of carbonyl (C=O) groups is 3. The van der Waals surface area contributed by atoms with Crippen molar-refractivity contribution in [1.82, 2.24) is 0 Å². The molecule has 6 nitrogen and oxygen atoms in total. The third kappa shape index (κ3) is 5.73. The lowest BCUT2D eigenvalue weighted by Gasteiger charge is -2.12. The monoisotopic (exact) mass is 322 g/mol. The van der Waals surface area contributed by atoms with E-state index in [1.165, 1.54) is 0 Å². The van der Waals surface area contributed by atoms with Crippen molar-refractivity contribution in [2.24, 2.45) is 5.92 Å². The van der Waals surface area contributed by atoms with Gasteiger partial charge in [-0.25, -0.2) is 14.4 Å². The Morgan fingerprint density at radius 2 is 1.43 bits per heavy atom. The third-order valence-corrected chi connectivity index (χ3v) is 3.81. The van der Waals surface area contributed by atoms with Crippen LogP contribution in [0.4, 0.5) is 0 Å². The number of hydrogen-bond acceptors (Lipinski definition) is 4. The van der Waals surface area contributed by atoms with Crippen LogP contribution in [0.5, 0.6) is 0 Å². The first-order valence-corrected chi connectivity index (χ1v) is 7.67. The van der Waals surface area contributed by atoms with Gasteiger partial charge in [0.2, 0.25) is 0 Å². The van der Waals surface area contributed by atoms with E-state index in [1.807, 2.05) is 0 Å². The summed E-state index contributed by atoms with van der Waals surface area (Å²) >= 11 is 0. The fraction of sp³-hybridized carbons (Fsp3) is 0.471. The molecule has 1 aromatic carbocycles. The van der Waals surface area contributed by atoms with Gasteiger partial charge in [0.25, 0.3) is 0 Å². The highest BCUT2D eigenvalue weighted by atomic mass is 16.5. The Morgan fingerprint density at radius 3 is 1.87 bits per heavy atom. The topological polar surface area (TPSA) is 101 Å². The van der Waals surface area contributed by atoms with Crippen LogP contribution in [0.1, 0.15) is 70.6 Å². The molecule has 0 bridgehead atoms. The van der Waals surface area contributed by atoms with Crippen molar-refractivity contribution in [3.63, 3.8) is 0 Å². The van der Waals surface area contributed by atoms with E-state index in [9.17, 15) is 14.4 Å². The SMILES string of the molecule is CCC(CC)CCCOC(=O)c1cc(C(=O)O)cc(C(=O)O)c1. The Balaban J connectivity index is 2.72. The molecule has 0 saturated carbocycles. The van der Waals surface area contributed by atoms with Crippen LogP contribution in [0.25, 0.3) is 0 Å². The Kier molecular flexibility index (Phi) is 7.25. The van der Waals surface area contributed by atoms with E-state index in [0.29, 0.717) is 5.92 Å². The summed E-state index contributed by atoms with van der Waals surface area (Å²) < 4.78 is 5.11. The number of carboxylic acid groups (broad SMARTS) is 2. The Bertz CT molecular complexity index is 542. The van der Waals surface area contributed by atoms with E-state index in [-0.39, 0.29) is 23.3 Å². The maximum atomic E-state index is 12.0. The molecule has 1 aromatic rings. The Hall–Kier alpha value is -2.37. The largest absolute Gasteiger partial charge is 0.478 e. The van der Waals surface area contributed by atoms with Gasteiger partial charge in [-0.15, -0.1) is 0 Å². The van der Waals surface area contributed by atoms with E-state index in [4.69, 9.17) is 14.9 Å². The fourth-order valence-electron chi connectivity index (χ4n) is 2.31. The first-order valence-electron chi connectivity index (χ1n) is 7.67. The van der Waals surface area contributed by atoms with Crippen LogP contribution < -0.4 is 0 Å². The normalized spacial score (nSPS) is 10.6. The van der Waals surface area contributed by atoms with E-state index < -0.39 is 17.9 Å². The predicted molar refractivity (Wildman–Crippen MR) is 83.9 cm³/mol. The van der Waals surface area contributed by atoms with Gasteiger partial charge in [0.05, 0.1) is 23.3 Å². The van der Waals surface area contributed by atoms with Crippen molar-refractivity contribution in [2.45, 2.75) is 39.5 Å². The van der Waals surface area contributed by atoms with Crippen molar-refractivity contribution >= 4 is 17.9 Å². The number of esters is 1. The second-order valence-corrected chi connectivity index (χ2v) is 5.37. The molecule has 0 heterocycles. The molecule has 0 aliphatic heterocycles. The summed E-state index contributed by atoms with van der Waals surface area (Å²) in [6.45, 7) is 4.46. The van der Waals surface area contributed by atoms with Gasteiger partial charge in [-0.05, 0) is 37.0 Å². The van der Waals surface area contributed by atoms with E-state index in [2.05, 4.69) is 13.8 Å². The van der Waals surface area contributed by atoms with Crippen LogP contribution in [0.3, 0.4) is 0 Å². The highest BCUT2D eigenvalue weighted by Crippen LogP contribution is 2.16. The van der Waals surface area contributed by atoms with Gasteiger partial charge >= 0.3 is 17.9 Å². The molecular formula is C17H22O6. The van der Waals surface area contributed by atoms with E-state index in [1.54, 1.807) is 0 Å². The maximum Gasteiger partial charge on any atom is 0.338 e.